The van der Waals surface area contributed by atoms with Crippen molar-refractivity contribution >= 4 is 23.5 Å². The molecule has 3 N–H and O–H groups in total. The summed E-state index contributed by atoms with van der Waals surface area (Å²) in [6.45, 7) is 3.09. The molecule has 11 heteroatoms. The number of ether oxygens (including phenoxy) is 2. The number of Topliss-reactive ketones (excluding diaryl/α,β-unsaturated/α-hetero) is 1. The quantitative estimate of drug-likeness (QED) is 0.363. The number of nitrogens with zero attached hydrogens (tertiary/aromatic N) is 1. The summed E-state index contributed by atoms with van der Waals surface area (Å²) in [5, 5.41) is 11.2. The Morgan fingerprint density at radius 1 is 1.15 bits per heavy atom. The van der Waals surface area contributed by atoms with Gasteiger partial charge < -0.3 is 29.9 Å². The van der Waals surface area contributed by atoms with Crippen LogP contribution >= 0.6 is 0 Å². The molecule has 3 rings (SSSR count). The van der Waals surface area contributed by atoms with Crippen LogP contribution in [0.15, 0.2) is 40.9 Å². The summed E-state index contributed by atoms with van der Waals surface area (Å²) in [6, 6.07) is 8.82. The Morgan fingerprint density at radius 2 is 1.85 bits per heavy atom. The van der Waals surface area contributed by atoms with Crippen LogP contribution < -0.4 is 16.0 Å². The average molecular weight is 472 g/mol. The van der Waals surface area contributed by atoms with Crippen molar-refractivity contribution in [2.24, 2.45) is 0 Å². The number of methoxy groups -OCH3 is 1. The van der Waals surface area contributed by atoms with Gasteiger partial charge in [-0.15, -0.1) is 0 Å². The van der Waals surface area contributed by atoms with E-state index in [1.165, 1.54) is 13.2 Å². The van der Waals surface area contributed by atoms with Crippen LogP contribution in [-0.4, -0.2) is 73.2 Å². The van der Waals surface area contributed by atoms with E-state index in [0.29, 0.717) is 12.4 Å². The predicted molar refractivity (Wildman–Crippen MR) is 119 cm³/mol. The lowest BCUT2D eigenvalue weighted by Gasteiger charge is -2.21. The Hall–Kier alpha value is -3.57. The van der Waals surface area contributed by atoms with Gasteiger partial charge in [-0.2, -0.15) is 0 Å². The number of nitrogens with one attached hydrogen (secondary N) is 3. The van der Waals surface area contributed by atoms with Crippen molar-refractivity contribution in [3.63, 3.8) is 0 Å². The minimum Gasteiger partial charge on any atom is -0.382 e. The van der Waals surface area contributed by atoms with Crippen molar-refractivity contribution in [1.29, 1.82) is 0 Å². The summed E-state index contributed by atoms with van der Waals surface area (Å²) >= 11 is 0. The third kappa shape index (κ3) is 6.72. The average Bonchev–Trinajstić information content (AvgIpc) is 3.42. The van der Waals surface area contributed by atoms with Gasteiger partial charge in [-0.05, 0) is 25.8 Å². The zero-order valence-electron chi connectivity index (χ0n) is 19.3. The molecule has 1 aliphatic heterocycles. The fourth-order valence-electron chi connectivity index (χ4n) is 3.27. The van der Waals surface area contributed by atoms with Crippen LogP contribution in [0.2, 0.25) is 0 Å². The molecule has 0 aliphatic carbocycles. The summed E-state index contributed by atoms with van der Waals surface area (Å²) < 4.78 is 15.1. The number of rotatable bonds is 12. The molecule has 0 radical (unpaired) electrons. The first-order chi connectivity index (χ1) is 16.2. The Kier molecular flexibility index (Phi) is 8.13. The first-order valence-electron chi connectivity index (χ1n) is 10.7. The van der Waals surface area contributed by atoms with E-state index in [-0.39, 0.29) is 24.5 Å². The Labute approximate surface area is 196 Å². The molecule has 3 amide bonds. The molecular formula is C23H28N4O7. The van der Waals surface area contributed by atoms with Crippen LogP contribution in [0.4, 0.5) is 0 Å². The smallest absolute Gasteiger partial charge is 0.274 e. The second-order valence-electron chi connectivity index (χ2n) is 8.22. The fraction of sp³-hybridized carbons (Fsp3) is 0.435. The van der Waals surface area contributed by atoms with Gasteiger partial charge in [0.05, 0.1) is 25.8 Å². The number of carbonyl (C=O) groups excluding carboxylic acids is 4. The maximum Gasteiger partial charge on any atom is 0.274 e. The van der Waals surface area contributed by atoms with E-state index in [9.17, 15) is 19.2 Å². The molecular weight excluding hydrogens is 444 g/mol. The zero-order chi connectivity index (χ0) is 24.7. The van der Waals surface area contributed by atoms with Crippen molar-refractivity contribution in [3.05, 3.63) is 53.4 Å². The van der Waals surface area contributed by atoms with Crippen molar-refractivity contribution in [1.82, 2.24) is 21.1 Å². The van der Waals surface area contributed by atoms with Gasteiger partial charge in [-0.3, -0.25) is 19.2 Å². The maximum absolute atomic E-state index is 12.9. The Balaban J connectivity index is 1.57. The van der Waals surface area contributed by atoms with Gasteiger partial charge >= 0.3 is 0 Å². The molecule has 2 heterocycles. The molecule has 1 aromatic heterocycles. The highest BCUT2D eigenvalue weighted by molar-refractivity contribution is 5.98. The molecule has 0 spiro atoms. The number of hydrogen-bond acceptors (Lipinski definition) is 8. The Bertz CT molecular complexity index is 1030. The van der Waals surface area contributed by atoms with Crippen LogP contribution in [0.1, 0.15) is 28.7 Å². The zero-order valence-corrected chi connectivity index (χ0v) is 19.3. The molecule has 34 heavy (non-hydrogen) atoms. The molecule has 182 valence electrons. The van der Waals surface area contributed by atoms with Crippen molar-refractivity contribution in [3.8, 4) is 0 Å². The highest BCUT2D eigenvalue weighted by atomic mass is 16.6. The highest BCUT2D eigenvalue weighted by Crippen LogP contribution is 2.29. The molecule has 2 aromatic rings. The van der Waals surface area contributed by atoms with E-state index >= 15 is 0 Å². The minimum atomic E-state index is -1.07. The van der Waals surface area contributed by atoms with Crippen LogP contribution in [0.3, 0.4) is 0 Å². The van der Waals surface area contributed by atoms with Crippen molar-refractivity contribution < 1.29 is 33.2 Å². The molecule has 3 atom stereocenters. The van der Waals surface area contributed by atoms with E-state index in [1.807, 2.05) is 30.3 Å². The number of carbonyl (C=O) groups is 4. The summed E-state index contributed by atoms with van der Waals surface area (Å²) in [6.07, 6.45) is 0.289. The van der Waals surface area contributed by atoms with E-state index in [2.05, 4.69) is 21.1 Å². The third-order valence-electron chi connectivity index (χ3n) is 5.27. The largest absolute Gasteiger partial charge is 0.382 e. The molecule has 0 bridgehead atoms. The van der Waals surface area contributed by atoms with Crippen molar-refractivity contribution in [2.75, 3.05) is 26.9 Å². The molecule has 11 nitrogen and oxygen atoms in total. The SMILES string of the molecule is COC[C@H](NC(=O)c1cc(C)on1)C(=O)NCC(=O)N[C@@H](Cc1ccccc1)C(=O)[C@@]1(C)CO1. The maximum atomic E-state index is 12.9. The van der Waals surface area contributed by atoms with E-state index < -0.39 is 42.0 Å². The first kappa shape index (κ1) is 25.1. The number of ketones is 1. The molecule has 0 saturated carbocycles. The minimum absolute atomic E-state index is 0.0159. The highest BCUT2D eigenvalue weighted by Gasteiger charge is 2.50. The van der Waals surface area contributed by atoms with Crippen molar-refractivity contribution in [2.45, 2.75) is 38.0 Å². The second kappa shape index (κ2) is 11.0. The molecule has 1 aliphatic rings. The van der Waals surface area contributed by atoms with Gasteiger partial charge in [0.15, 0.2) is 11.5 Å². The van der Waals surface area contributed by atoms with Crippen LogP contribution in [-0.2, 0) is 30.3 Å². The van der Waals surface area contributed by atoms with Gasteiger partial charge in [0.25, 0.3) is 5.91 Å². The van der Waals surface area contributed by atoms with Gasteiger partial charge in [0.2, 0.25) is 11.8 Å². The lowest BCUT2D eigenvalue weighted by molar-refractivity contribution is -0.131. The number of epoxide rings is 1. The fourth-order valence-corrected chi connectivity index (χ4v) is 3.27. The van der Waals surface area contributed by atoms with Crippen LogP contribution in [0.5, 0.6) is 0 Å². The summed E-state index contributed by atoms with van der Waals surface area (Å²) in [5.41, 5.74) is -0.0221. The van der Waals surface area contributed by atoms with E-state index in [4.69, 9.17) is 14.0 Å². The van der Waals surface area contributed by atoms with Crippen LogP contribution in [0.25, 0.3) is 0 Å². The molecule has 1 saturated heterocycles. The van der Waals surface area contributed by atoms with Gasteiger partial charge in [0.1, 0.15) is 17.4 Å². The predicted octanol–water partition coefficient (Wildman–Crippen LogP) is -0.0705. The number of hydrogen-bond donors (Lipinski definition) is 3. The van der Waals surface area contributed by atoms with Gasteiger partial charge in [0, 0.05) is 13.2 Å². The van der Waals surface area contributed by atoms with E-state index in [0.717, 1.165) is 5.56 Å². The molecule has 1 fully saturated rings. The standard InChI is InChI=1S/C23H28N4O7/c1-14-9-17(27-34-14)22(31)26-18(12-32-3)21(30)24-11-19(28)25-16(20(29)23(2)13-33-23)10-15-7-5-4-6-8-15/h4-9,16,18H,10-13H2,1-3H3,(H,24,30)(H,25,28)(H,26,31)/t16-,18-,23+/m0/s1. The second-order valence-corrected chi connectivity index (χ2v) is 8.22. The number of aryl methyl sites for hydroxylation is 1. The summed E-state index contributed by atoms with van der Waals surface area (Å²) in [5.74, 6) is -1.59. The van der Waals surface area contributed by atoms with Gasteiger partial charge in [-0.1, -0.05) is 35.5 Å². The molecule has 0 unspecified atom stereocenters. The third-order valence-corrected chi connectivity index (χ3v) is 5.27. The number of aromatic nitrogens is 1. The van der Waals surface area contributed by atoms with E-state index in [1.54, 1.807) is 13.8 Å². The number of benzene rings is 1. The monoisotopic (exact) mass is 472 g/mol. The van der Waals surface area contributed by atoms with Gasteiger partial charge in [-0.25, -0.2) is 0 Å². The molecule has 1 aromatic carbocycles. The summed E-state index contributed by atoms with van der Waals surface area (Å²) in [4.78, 5) is 50.3. The van der Waals surface area contributed by atoms with Crippen LogP contribution in [0, 0.1) is 6.92 Å². The summed E-state index contributed by atoms with van der Waals surface area (Å²) in [7, 11) is 1.37. The topological polar surface area (TPSA) is 152 Å². The normalized spacial score (nSPS) is 18.4. The lowest BCUT2D eigenvalue weighted by atomic mass is 9.95. The lowest BCUT2D eigenvalue weighted by Crippen LogP contribution is -2.53. The number of amides is 3. The first-order valence-corrected chi connectivity index (χ1v) is 10.7. The Morgan fingerprint density at radius 3 is 2.44 bits per heavy atom.